The molecule has 1 aliphatic heterocycles. The maximum Gasteiger partial charge on any atom is 0.424 e. The van der Waals surface area contributed by atoms with E-state index in [0.29, 0.717) is 4.57 Å². The Kier molecular flexibility index (Phi) is 6.99. The molecule has 1 fully saturated rings. The van der Waals surface area contributed by atoms with E-state index in [0.717, 1.165) is 12.3 Å². The predicted molar refractivity (Wildman–Crippen MR) is 119 cm³/mol. The van der Waals surface area contributed by atoms with Crippen molar-refractivity contribution in [3.63, 3.8) is 0 Å². The summed E-state index contributed by atoms with van der Waals surface area (Å²) in [5.41, 5.74) is 0.284. The Bertz CT molecular complexity index is 1340. The number of anilines is 1. The summed E-state index contributed by atoms with van der Waals surface area (Å²) in [5.74, 6) is -2.71. The van der Waals surface area contributed by atoms with E-state index < -0.39 is 54.5 Å². The van der Waals surface area contributed by atoms with Crippen molar-refractivity contribution in [1.82, 2.24) is 9.55 Å². The summed E-state index contributed by atoms with van der Waals surface area (Å²) in [5, 5.41) is 0. The standard InChI is InChI=1S/C24H19F4N3O6/c25-17-18(36-21(33)15-9-5-2-6-10-15)23(24(26,27)28,13-35-20(32)14-7-3-1-4-8-14)37-19(17)31-12-11-16(29)30-22(31)34/h1-12,17-19H,13H2,(H2,29,30,34)/t17-,18+,19-,23-/m1/s1. The number of halogens is 4. The summed E-state index contributed by atoms with van der Waals surface area (Å²) in [6, 6.07) is 15.0. The molecule has 3 aromatic rings. The Morgan fingerprint density at radius 2 is 1.57 bits per heavy atom. The van der Waals surface area contributed by atoms with Crippen molar-refractivity contribution >= 4 is 17.8 Å². The molecule has 0 unspecified atom stereocenters. The van der Waals surface area contributed by atoms with E-state index >= 15 is 4.39 Å². The lowest BCUT2D eigenvalue weighted by Crippen LogP contribution is -2.59. The van der Waals surface area contributed by atoms with Crippen LogP contribution in [-0.4, -0.2) is 52.1 Å². The number of nitrogens with zero attached hydrogens (tertiary/aromatic N) is 2. The molecule has 37 heavy (non-hydrogen) atoms. The van der Waals surface area contributed by atoms with Crippen molar-refractivity contribution < 1.29 is 41.4 Å². The first-order valence-corrected chi connectivity index (χ1v) is 10.7. The number of hydrogen-bond donors (Lipinski definition) is 1. The van der Waals surface area contributed by atoms with Crippen molar-refractivity contribution in [1.29, 1.82) is 0 Å². The zero-order chi connectivity index (χ0) is 26.8. The number of ether oxygens (including phenoxy) is 3. The van der Waals surface area contributed by atoms with Crippen LogP contribution in [0.4, 0.5) is 23.4 Å². The van der Waals surface area contributed by atoms with Crippen molar-refractivity contribution in [2.75, 3.05) is 12.3 Å². The highest BCUT2D eigenvalue weighted by Crippen LogP contribution is 2.49. The van der Waals surface area contributed by atoms with Crippen molar-refractivity contribution in [3.05, 3.63) is 94.5 Å². The van der Waals surface area contributed by atoms with Crippen LogP contribution in [0, 0.1) is 0 Å². The number of alkyl halides is 4. The molecule has 1 aromatic heterocycles. The van der Waals surface area contributed by atoms with E-state index in [2.05, 4.69) is 4.98 Å². The van der Waals surface area contributed by atoms with Gasteiger partial charge in [0.15, 0.2) is 18.5 Å². The van der Waals surface area contributed by atoms with Gasteiger partial charge in [-0.3, -0.25) is 4.57 Å². The lowest BCUT2D eigenvalue weighted by Gasteiger charge is -2.34. The van der Waals surface area contributed by atoms with Gasteiger partial charge in [0.05, 0.1) is 11.1 Å². The zero-order valence-electron chi connectivity index (χ0n) is 18.8. The summed E-state index contributed by atoms with van der Waals surface area (Å²) in [6.45, 7) is -1.58. The molecule has 194 valence electrons. The molecule has 9 nitrogen and oxygen atoms in total. The second kappa shape index (κ2) is 10.0. The molecule has 2 heterocycles. The zero-order valence-corrected chi connectivity index (χ0v) is 18.8. The Hall–Kier alpha value is -4.26. The topological polar surface area (TPSA) is 123 Å². The normalized spacial score (nSPS) is 23.4. The van der Waals surface area contributed by atoms with Gasteiger partial charge < -0.3 is 19.9 Å². The van der Waals surface area contributed by atoms with Crippen LogP contribution in [0.5, 0.6) is 0 Å². The number of esters is 2. The number of carbonyl (C=O) groups excluding carboxylic acids is 2. The van der Waals surface area contributed by atoms with Crippen LogP contribution >= 0.6 is 0 Å². The molecule has 0 amide bonds. The highest BCUT2D eigenvalue weighted by atomic mass is 19.4. The maximum absolute atomic E-state index is 15.7. The molecule has 4 rings (SSSR count). The van der Waals surface area contributed by atoms with E-state index in [1.165, 1.54) is 48.5 Å². The lowest BCUT2D eigenvalue weighted by molar-refractivity contribution is -0.305. The minimum atomic E-state index is -5.43. The summed E-state index contributed by atoms with van der Waals surface area (Å²) in [4.78, 5) is 40.7. The van der Waals surface area contributed by atoms with E-state index in [1.807, 2.05) is 0 Å². The van der Waals surface area contributed by atoms with Gasteiger partial charge in [-0.25, -0.2) is 18.8 Å². The van der Waals surface area contributed by atoms with Gasteiger partial charge in [0.25, 0.3) is 0 Å². The van der Waals surface area contributed by atoms with Crippen LogP contribution in [0.25, 0.3) is 0 Å². The number of aromatic nitrogens is 2. The molecule has 0 radical (unpaired) electrons. The van der Waals surface area contributed by atoms with Crippen LogP contribution < -0.4 is 11.4 Å². The average molecular weight is 521 g/mol. The van der Waals surface area contributed by atoms with Crippen molar-refractivity contribution in [3.8, 4) is 0 Å². The second-order valence-electron chi connectivity index (χ2n) is 8.02. The Labute approximate surface area is 206 Å². The molecular formula is C24H19F4N3O6. The molecule has 2 N–H and O–H groups in total. The van der Waals surface area contributed by atoms with Gasteiger partial charge in [-0.1, -0.05) is 36.4 Å². The van der Waals surface area contributed by atoms with Gasteiger partial charge in [0.2, 0.25) is 5.60 Å². The maximum atomic E-state index is 15.7. The average Bonchev–Trinajstić information content (AvgIpc) is 3.16. The molecule has 2 aromatic carbocycles. The molecule has 0 bridgehead atoms. The van der Waals surface area contributed by atoms with Gasteiger partial charge in [-0.05, 0) is 30.3 Å². The highest BCUT2D eigenvalue weighted by Gasteiger charge is 2.72. The molecule has 1 aliphatic rings. The van der Waals surface area contributed by atoms with E-state index in [4.69, 9.17) is 19.9 Å². The largest absolute Gasteiger partial charge is 0.458 e. The van der Waals surface area contributed by atoms with Crippen LogP contribution in [0.1, 0.15) is 26.9 Å². The van der Waals surface area contributed by atoms with Gasteiger partial charge in [0, 0.05) is 6.20 Å². The van der Waals surface area contributed by atoms with Gasteiger partial charge >= 0.3 is 23.8 Å². The number of carbonyl (C=O) groups is 2. The molecule has 13 heteroatoms. The summed E-state index contributed by atoms with van der Waals surface area (Å²) in [6.07, 6.45) is -12.2. The van der Waals surface area contributed by atoms with Crippen LogP contribution in [0.3, 0.4) is 0 Å². The lowest BCUT2D eigenvalue weighted by atomic mass is 9.95. The number of nitrogen functional groups attached to an aromatic ring is 1. The Balaban J connectivity index is 1.74. The van der Waals surface area contributed by atoms with Crippen LogP contribution in [0.15, 0.2) is 77.7 Å². The van der Waals surface area contributed by atoms with Crippen LogP contribution in [0.2, 0.25) is 0 Å². The smallest absolute Gasteiger partial charge is 0.424 e. The fourth-order valence-corrected chi connectivity index (χ4v) is 3.76. The predicted octanol–water partition coefficient (Wildman–Crippen LogP) is 3.08. The molecular weight excluding hydrogens is 502 g/mol. The fraction of sp³-hybridized carbons (Fsp3) is 0.250. The first-order valence-electron chi connectivity index (χ1n) is 10.7. The summed E-state index contributed by atoms with van der Waals surface area (Å²) >= 11 is 0. The quantitative estimate of drug-likeness (QED) is 0.388. The van der Waals surface area contributed by atoms with Crippen molar-refractivity contribution in [2.45, 2.75) is 30.3 Å². The van der Waals surface area contributed by atoms with Crippen LogP contribution in [-0.2, 0) is 14.2 Å². The second-order valence-corrected chi connectivity index (χ2v) is 8.02. The third-order valence-electron chi connectivity index (χ3n) is 5.63. The molecule has 0 spiro atoms. The Morgan fingerprint density at radius 3 is 2.11 bits per heavy atom. The Morgan fingerprint density at radius 1 is 1.00 bits per heavy atom. The number of hydrogen-bond acceptors (Lipinski definition) is 8. The number of benzene rings is 2. The van der Waals surface area contributed by atoms with Gasteiger partial charge in [-0.15, -0.1) is 0 Å². The third-order valence-corrected chi connectivity index (χ3v) is 5.63. The van der Waals surface area contributed by atoms with E-state index in [9.17, 15) is 27.6 Å². The first kappa shape index (κ1) is 25.8. The van der Waals surface area contributed by atoms with Gasteiger partial charge in [0.1, 0.15) is 12.4 Å². The first-order chi connectivity index (χ1) is 17.5. The van der Waals surface area contributed by atoms with Gasteiger partial charge in [-0.2, -0.15) is 18.2 Å². The molecule has 0 saturated carbocycles. The highest BCUT2D eigenvalue weighted by molar-refractivity contribution is 5.90. The minimum absolute atomic E-state index is 0.0806. The molecule has 4 atom stereocenters. The SMILES string of the molecule is Nc1ccn([C@@H]2O[C@@](COC(=O)c3ccccc3)(C(F)(F)F)[C@@H](OC(=O)c3ccccc3)[C@H]2F)c(=O)n1. The third kappa shape index (κ3) is 5.03. The van der Waals surface area contributed by atoms with E-state index in [1.54, 1.807) is 12.1 Å². The van der Waals surface area contributed by atoms with E-state index in [-0.39, 0.29) is 16.9 Å². The minimum Gasteiger partial charge on any atom is -0.458 e. The molecule has 0 aliphatic carbocycles. The monoisotopic (exact) mass is 521 g/mol. The fourth-order valence-electron chi connectivity index (χ4n) is 3.76. The molecule has 1 saturated heterocycles. The summed E-state index contributed by atoms with van der Waals surface area (Å²) < 4.78 is 74.9. The van der Waals surface area contributed by atoms with Crippen molar-refractivity contribution in [2.24, 2.45) is 0 Å². The number of nitrogens with two attached hydrogens (primary N) is 1. The number of rotatable bonds is 6. The summed E-state index contributed by atoms with van der Waals surface area (Å²) in [7, 11) is 0.